The first-order valence-corrected chi connectivity index (χ1v) is 6.26. The Bertz CT molecular complexity index is 544. The number of nitrogens with zero attached hydrogens (tertiary/aromatic N) is 2. The van der Waals surface area contributed by atoms with Gasteiger partial charge in [0.15, 0.2) is 0 Å². The minimum atomic E-state index is -0.476. The van der Waals surface area contributed by atoms with Gasteiger partial charge >= 0.3 is 0 Å². The normalized spacial score (nSPS) is 10.7. The van der Waals surface area contributed by atoms with E-state index in [9.17, 15) is 4.79 Å². The van der Waals surface area contributed by atoms with Gasteiger partial charge in [0, 0.05) is 12.6 Å². The van der Waals surface area contributed by atoms with Crippen LogP contribution in [0.3, 0.4) is 0 Å². The number of hydrogen-bond donors (Lipinski definition) is 1. The smallest absolute Gasteiger partial charge is 0.258 e. The second-order valence-corrected chi connectivity index (χ2v) is 5.64. The average molecular weight is 321 g/mol. The molecule has 0 saturated heterocycles. The largest absolute Gasteiger partial charge is 0.365 e. The summed E-state index contributed by atoms with van der Waals surface area (Å²) in [5, 5.41) is 4.09. The molecular weight excluding hydrogens is 314 g/mol. The first-order chi connectivity index (χ1) is 7.50. The summed E-state index contributed by atoms with van der Waals surface area (Å²) in [6.07, 6.45) is 1.67. The summed E-state index contributed by atoms with van der Waals surface area (Å²) in [7, 11) is 1.80. The third-order valence-electron chi connectivity index (χ3n) is 2.08. The summed E-state index contributed by atoms with van der Waals surface area (Å²) >= 11 is 10.6. The fourth-order valence-electron chi connectivity index (χ4n) is 1.37. The van der Waals surface area contributed by atoms with Gasteiger partial charge < -0.3 is 5.73 Å². The molecule has 84 valence electrons. The molecule has 0 bridgehead atoms. The zero-order valence-electron chi connectivity index (χ0n) is 8.20. The first-order valence-electron chi connectivity index (χ1n) is 4.27. The number of amides is 1. The van der Waals surface area contributed by atoms with Crippen LogP contribution in [0.15, 0.2) is 16.7 Å². The van der Waals surface area contributed by atoms with Gasteiger partial charge in [-0.2, -0.15) is 5.10 Å². The maximum absolute atomic E-state index is 11.0. The second-order valence-electron chi connectivity index (χ2n) is 3.13. The van der Waals surface area contributed by atoms with E-state index in [2.05, 4.69) is 21.0 Å². The molecule has 7 heteroatoms. The van der Waals surface area contributed by atoms with Crippen LogP contribution in [-0.4, -0.2) is 15.7 Å². The Morgan fingerprint density at radius 3 is 2.81 bits per heavy atom. The molecule has 2 heterocycles. The topological polar surface area (TPSA) is 60.9 Å². The van der Waals surface area contributed by atoms with Crippen molar-refractivity contribution in [1.82, 2.24) is 9.78 Å². The van der Waals surface area contributed by atoms with Crippen molar-refractivity contribution >= 4 is 44.8 Å². The molecule has 2 aromatic rings. The molecular formula is C9H7BrClN3OS. The van der Waals surface area contributed by atoms with Crippen LogP contribution < -0.4 is 5.73 Å². The Morgan fingerprint density at radius 2 is 2.38 bits per heavy atom. The van der Waals surface area contributed by atoms with E-state index in [4.69, 9.17) is 17.3 Å². The van der Waals surface area contributed by atoms with E-state index in [0.29, 0.717) is 9.21 Å². The van der Waals surface area contributed by atoms with Crippen molar-refractivity contribution in [3.63, 3.8) is 0 Å². The van der Waals surface area contributed by atoms with Crippen LogP contribution in [0.1, 0.15) is 9.67 Å². The number of thiophene rings is 1. The van der Waals surface area contributed by atoms with Crippen molar-refractivity contribution in [2.75, 3.05) is 0 Å². The molecule has 0 aliphatic carbocycles. The number of hydrogen-bond acceptors (Lipinski definition) is 3. The third kappa shape index (κ3) is 1.88. The molecule has 0 unspecified atom stereocenters. The van der Waals surface area contributed by atoms with Gasteiger partial charge in [-0.1, -0.05) is 11.6 Å². The lowest BCUT2D eigenvalue weighted by molar-refractivity contribution is 0.100. The molecule has 0 fully saturated rings. The molecule has 0 spiro atoms. The number of halogens is 2. The fraction of sp³-hybridized carbons (Fsp3) is 0.111. The van der Waals surface area contributed by atoms with Gasteiger partial charge in [-0.05, 0) is 22.0 Å². The fourth-order valence-corrected chi connectivity index (χ4v) is 3.06. The summed E-state index contributed by atoms with van der Waals surface area (Å²) in [5.74, 6) is -0.476. The van der Waals surface area contributed by atoms with Crippen LogP contribution in [0.5, 0.6) is 0 Å². The van der Waals surface area contributed by atoms with Crippen LogP contribution in [-0.2, 0) is 7.05 Å². The maximum atomic E-state index is 11.0. The van der Waals surface area contributed by atoms with Crippen LogP contribution >= 0.6 is 38.9 Å². The summed E-state index contributed by atoms with van der Waals surface area (Å²) < 4.78 is 3.03. The number of primary amides is 1. The van der Waals surface area contributed by atoms with Crippen molar-refractivity contribution in [3.8, 4) is 11.3 Å². The Labute approximate surface area is 109 Å². The minimum Gasteiger partial charge on any atom is -0.365 e. The minimum absolute atomic E-state index is 0.438. The molecule has 16 heavy (non-hydrogen) atoms. The van der Waals surface area contributed by atoms with Crippen LogP contribution in [0, 0.1) is 0 Å². The van der Waals surface area contributed by atoms with Crippen molar-refractivity contribution in [2.24, 2.45) is 12.8 Å². The number of aromatic nitrogens is 2. The summed E-state index contributed by atoms with van der Waals surface area (Å²) in [6, 6.07) is 1.68. The maximum Gasteiger partial charge on any atom is 0.258 e. The van der Waals surface area contributed by atoms with Gasteiger partial charge in [0.2, 0.25) is 0 Å². The molecule has 4 nitrogen and oxygen atoms in total. The Kier molecular flexibility index (Phi) is 3.05. The molecule has 0 aliphatic rings. The van der Waals surface area contributed by atoms with Gasteiger partial charge in [0.25, 0.3) is 5.91 Å². The van der Waals surface area contributed by atoms with E-state index in [1.165, 1.54) is 11.3 Å². The van der Waals surface area contributed by atoms with Gasteiger partial charge in [0.1, 0.15) is 4.34 Å². The van der Waals surface area contributed by atoms with Crippen LogP contribution in [0.2, 0.25) is 4.34 Å². The molecule has 2 aromatic heterocycles. The molecule has 0 aliphatic heterocycles. The predicted octanol–water partition coefficient (Wildman–Crippen LogP) is 2.66. The monoisotopic (exact) mass is 319 g/mol. The van der Waals surface area contributed by atoms with Crippen molar-refractivity contribution < 1.29 is 4.79 Å². The van der Waals surface area contributed by atoms with E-state index in [1.807, 2.05) is 0 Å². The molecule has 2 rings (SSSR count). The molecule has 0 radical (unpaired) electrons. The highest BCUT2D eigenvalue weighted by molar-refractivity contribution is 9.10. The van der Waals surface area contributed by atoms with Gasteiger partial charge in [-0.25, -0.2) is 0 Å². The molecule has 0 atom stereocenters. The van der Waals surface area contributed by atoms with Crippen molar-refractivity contribution in [2.45, 2.75) is 0 Å². The third-order valence-corrected chi connectivity index (χ3v) is 4.03. The number of carbonyl (C=O) groups is 1. The highest BCUT2D eigenvalue weighted by Crippen LogP contribution is 2.38. The van der Waals surface area contributed by atoms with Crippen LogP contribution in [0.4, 0.5) is 0 Å². The number of rotatable bonds is 2. The number of nitrogens with two attached hydrogens (primary N) is 1. The SMILES string of the molecule is Cn1ncc(Br)c1-c1cc(C(N)=O)sc1Cl. The highest BCUT2D eigenvalue weighted by atomic mass is 79.9. The average Bonchev–Trinajstić information content (AvgIpc) is 2.71. The Hall–Kier alpha value is -0.850. The van der Waals surface area contributed by atoms with E-state index in [1.54, 1.807) is 24.0 Å². The zero-order chi connectivity index (χ0) is 11.9. The molecule has 2 N–H and O–H groups in total. The zero-order valence-corrected chi connectivity index (χ0v) is 11.4. The first kappa shape index (κ1) is 11.6. The van der Waals surface area contributed by atoms with E-state index >= 15 is 0 Å². The standard InChI is InChI=1S/C9H7BrClN3OS/c1-14-7(5(10)3-13-14)4-2-6(9(12)15)16-8(4)11/h2-3H,1H3,(H2,12,15). The quantitative estimate of drug-likeness (QED) is 0.924. The Balaban J connectivity index is 2.61. The number of aryl methyl sites for hydroxylation is 1. The van der Waals surface area contributed by atoms with Gasteiger partial charge in [-0.3, -0.25) is 9.48 Å². The molecule has 0 saturated carbocycles. The lowest BCUT2D eigenvalue weighted by Crippen LogP contribution is -2.08. The van der Waals surface area contributed by atoms with Crippen molar-refractivity contribution in [1.29, 1.82) is 0 Å². The lowest BCUT2D eigenvalue weighted by atomic mass is 10.2. The molecule has 1 amide bonds. The Morgan fingerprint density at radius 1 is 1.69 bits per heavy atom. The van der Waals surface area contributed by atoms with Gasteiger partial charge in [0.05, 0.1) is 21.2 Å². The summed E-state index contributed by atoms with van der Waals surface area (Å²) in [5.41, 5.74) is 6.79. The van der Waals surface area contributed by atoms with Crippen LogP contribution in [0.25, 0.3) is 11.3 Å². The lowest BCUT2D eigenvalue weighted by Gasteiger charge is -2.00. The number of carbonyl (C=O) groups excluding carboxylic acids is 1. The molecule has 0 aromatic carbocycles. The van der Waals surface area contributed by atoms with E-state index in [-0.39, 0.29) is 0 Å². The van der Waals surface area contributed by atoms with E-state index in [0.717, 1.165) is 15.7 Å². The predicted molar refractivity (Wildman–Crippen MR) is 67.7 cm³/mol. The second kappa shape index (κ2) is 4.20. The summed E-state index contributed by atoms with van der Waals surface area (Å²) in [4.78, 5) is 11.5. The van der Waals surface area contributed by atoms with Crippen molar-refractivity contribution in [3.05, 3.63) is 25.9 Å². The van der Waals surface area contributed by atoms with Gasteiger partial charge in [-0.15, -0.1) is 11.3 Å². The van der Waals surface area contributed by atoms with E-state index < -0.39 is 5.91 Å². The summed E-state index contributed by atoms with van der Waals surface area (Å²) in [6.45, 7) is 0. The highest BCUT2D eigenvalue weighted by Gasteiger charge is 2.17.